The van der Waals surface area contributed by atoms with E-state index in [1.165, 1.54) is 5.56 Å². The smallest absolute Gasteiger partial charge is 0.227 e. The number of rotatable bonds is 6. The molecule has 0 spiro atoms. The van der Waals surface area contributed by atoms with E-state index in [1.54, 1.807) is 0 Å². The Balaban J connectivity index is 2.03. The average Bonchev–Trinajstić information content (AvgIpc) is 3.01. The molecule has 1 aromatic carbocycles. The summed E-state index contributed by atoms with van der Waals surface area (Å²) in [5.74, 6) is -0.00203. The zero-order valence-corrected chi connectivity index (χ0v) is 13.0. The molecule has 1 fully saturated rings. The molecule has 1 amide bonds. The van der Waals surface area contributed by atoms with Crippen LogP contribution in [0.25, 0.3) is 0 Å². The van der Waals surface area contributed by atoms with Gasteiger partial charge in [0, 0.05) is 19.2 Å². The number of hydrogen-bond donors (Lipinski definition) is 1. The molecule has 1 aromatic rings. The van der Waals surface area contributed by atoms with Gasteiger partial charge in [0.15, 0.2) is 0 Å². The monoisotopic (exact) mass is 290 g/mol. The average molecular weight is 290 g/mol. The summed E-state index contributed by atoms with van der Waals surface area (Å²) in [4.78, 5) is 14.7. The molecular formula is C17H26N2O2. The van der Waals surface area contributed by atoms with Crippen molar-refractivity contribution in [3.05, 3.63) is 35.9 Å². The topological polar surface area (TPSA) is 55.6 Å². The fourth-order valence-corrected chi connectivity index (χ4v) is 2.62. The van der Waals surface area contributed by atoms with Gasteiger partial charge in [-0.25, -0.2) is 0 Å². The van der Waals surface area contributed by atoms with Crippen molar-refractivity contribution in [1.82, 2.24) is 4.90 Å². The second-order valence-electron chi connectivity index (χ2n) is 5.93. The summed E-state index contributed by atoms with van der Waals surface area (Å²) in [7, 11) is 0. The van der Waals surface area contributed by atoms with E-state index < -0.39 is 0 Å². The Kier molecular flexibility index (Phi) is 5.76. The maximum Gasteiger partial charge on any atom is 0.227 e. The molecule has 4 heteroatoms. The van der Waals surface area contributed by atoms with Crippen LogP contribution in [0.1, 0.15) is 25.8 Å². The minimum Gasteiger partial charge on any atom is -0.379 e. The van der Waals surface area contributed by atoms with Gasteiger partial charge in [0.05, 0.1) is 18.6 Å². The Bertz CT molecular complexity index is 441. The number of nitrogens with two attached hydrogens (primary N) is 1. The van der Waals surface area contributed by atoms with Crippen LogP contribution in [0.2, 0.25) is 0 Å². The lowest BCUT2D eigenvalue weighted by Gasteiger charge is -2.31. The quantitative estimate of drug-likeness (QED) is 0.869. The van der Waals surface area contributed by atoms with E-state index in [0.717, 1.165) is 26.0 Å². The van der Waals surface area contributed by atoms with Crippen LogP contribution in [0, 0.1) is 5.92 Å². The molecule has 0 radical (unpaired) electrons. The molecule has 2 N–H and O–H groups in total. The van der Waals surface area contributed by atoms with Crippen molar-refractivity contribution in [3.63, 3.8) is 0 Å². The van der Waals surface area contributed by atoms with Crippen LogP contribution in [-0.4, -0.2) is 42.6 Å². The predicted octanol–water partition coefficient (Wildman–Crippen LogP) is 1.83. The largest absolute Gasteiger partial charge is 0.379 e. The fourth-order valence-electron chi connectivity index (χ4n) is 2.62. The highest BCUT2D eigenvalue weighted by atomic mass is 16.5. The molecule has 0 saturated carbocycles. The molecule has 4 nitrogen and oxygen atoms in total. The molecule has 1 aliphatic heterocycles. The van der Waals surface area contributed by atoms with Crippen LogP contribution < -0.4 is 5.73 Å². The van der Waals surface area contributed by atoms with Gasteiger partial charge < -0.3 is 15.4 Å². The first kappa shape index (κ1) is 16.0. The number of hydrogen-bond acceptors (Lipinski definition) is 3. The number of ether oxygens (including phenoxy) is 1. The Labute approximate surface area is 127 Å². The fraction of sp³-hybridized carbons (Fsp3) is 0.588. The van der Waals surface area contributed by atoms with Gasteiger partial charge in [0.2, 0.25) is 5.91 Å². The number of carbonyl (C=O) groups is 1. The lowest BCUT2D eigenvalue weighted by atomic mass is 10.0. The number of benzene rings is 1. The molecule has 21 heavy (non-hydrogen) atoms. The lowest BCUT2D eigenvalue weighted by molar-refractivity contribution is -0.137. The highest BCUT2D eigenvalue weighted by Crippen LogP contribution is 2.17. The second-order valence-corrected chi connectivity index (χ2v) is 5.93. The van der Waals surface area contributed by atoms with Gasteiger partial charge in [0.25, 0.3) is 0 Å². The van der Waals surface area contributed by atoms with Crippen LogP contribution in [0.5, 0.6) is 0 Å². The number of carbonyl (C=O) groups excluding carboxylic acids is 1. The van der Waals surface area contributed by atoms with E-state index in [9.17, 15) is 4.79 Å². The standard InChI is InChI=1S/C17H26N2O2/c1-13(14(2)18)17(20)19(16-9-11-21-12-16)10-8-15-6-4-3-5-7-15/h3-7,13-14,16H,8-12,18H2,1-2H3. The molecule has 1 aliphatic rings. The van der Waals surface area contributed by atoms with Crippen molar-refractivity contribution < 1.29 is 9.53 Å². The van der Waals surface area contributed by atoms with Gasteiger partial charge in [-0.3, -0.25) is 4.79 Å². The summed E-state index contributed by atoms with van der Waals surface area (Å²) in [5.41, 5.74) is 7.15. The summed E-state index contributed by atoms with van der Waals surface area (Å²) in [5, 5.41) is 0. The van der Waals surface area contributed by atoms with Gasteiger partial charge in [-0.05, 0) is 25.3 Å². The molecule has 116 valence electrons. The van der Waals surface area contributed by atoms with Gasteiger partial charge in [0.1, 0.15) is 0 Å². The molecule has 1 saturated heterocycles. The Hall–Kier alpha value is -1.39. The van der Waals surface area contributed by atoms with Crippen LogP contribution >= 0.6 is 0 Å². The van der Waals surface area contributed by atoms with Crippen molar-refractivity contribution in [1.29, 1.82) is 0 Å². The Morgan fingerprint density at radius 2 is 2.10 bits per heavy atom. The summed E-state index contributed by atoms with van der Waals surface area (Å²) in [6.07, 6.45) is 1.79. The zero-order chi connectivity index (χ0) is 15.2. The molecule has 0 aromatic heterocycles. The van der Waals surface area contributed by atoms with E-state index in [2.05, 4.69) is 12.1 Å². The summed E-state index contributed by atoms with van der Waals surface area (Å²) in [6, 6.07) is 10.3. The molecule has 0 aliphatic carbocycles. The Morgan fingerprint density at radius 1 is 1.38 bits per heavy atom. The van der Waals surface area contributed by atoms with Crippen molar-refractivity contribution in [2.45, 2.75) is 38.8 Å². The summed E-state index contributed by atoms with van der Waals surface area (Å²) in [6.45, 7) is 5.92. The van der Waals surface area contributed by atoms with Gasteiger partial charge in [-0.2, -0.15) is 0 Å². The first-order valence-electron chi connectivity index (χ1n) is 7.77. The molecule has 3 unspecified atom stereocenters. The number of nitrogens with zero attached hydrogens (tertiary/aromatic N) is 1. The van der Waals surface area contributed by atoms with Gasteiger partial charge in [-0.1, -0.05) is 37.3 Å². The third-order valence-corrected chi connectivity index (χ3v) is 4.29. The van der Waals surface area contributed by atoms with E-state index in [-0.39, 0.29) is 23.9 Å². The van der Waals surface area contributed by atoms with E-state index in [4.69, 9.17) is 10.5 Å². The van der Waals surface area contributed by atoms with Crippen molar-refractivity contribution in [3.8, 4) is 0 Å². The Morgan fingerprint density at radius 3 is 2.67 bits per heavy atom. The van der Waals surface area contributed by atoms with E-state index >= 15 is 0 Å². The minimum absolute atomic E-state index is 0.126. The minimum atomic E-state index is -0.152. The number of amides is 1. The molecule has 2 rings (SSSR count). The lowest BCUT2D eigenvalue weighted by Crippen LogP contribution is -2.48. The van der Waals surface area contributed by atoms with E-state index in [0.29, 0.717) is 6.61 Å². The summed E-state index contributed by atoms with van der Waals surface area (Å²) >= 11 is 0. The van der Waals surface area contributed by atoms with Crippen LogP contribution in [0.4, 0.5) is 0 Å². The normalized spacial score (nSPS) is 21.0. The van der Waals surface area contributed by atoms with Gasteiger partial charge >= 0.3 is 0 Å². The second kappa shape index (κ2) is 7.57. The molecule has 1 heterocycles. The van der Waals surface area contributed by atoms with Crippen molar-refractivity contribution >= 4 is 5.91 Å². The maximum absolute atomic E-state index is 12.7. The maximum atomic E-state index is 12.7. The van der Waals surface area contributed by atoms with Gasteiger partial charge in [-0.15, -0.1) is 0 Å². The third-order valence-electron chi connectivity index (χ3n) is 4.29. The molecule has 0 bridgehead atoms. The predicted molar refractivity (Wildman–Crippen MR) is 83.9 cm³/mol. The first-order chi connectivity index (χ1) is 10.1. The van der Waals surface area contributed by atoms with Crippen LogP contribution in [0.3, 0.4) is 0 Å². The van der Waals surface area contributed by atoms with Crippen molar-refractivity contribution in [2.24, 2.45) is 11.7 Å². The third kappa shape index (κ3) is 4.29. The first-order valence-corrected chi connectivity index (χ1v) is 7.77. The zero-order valence-electron chi connectivity index (χ0n) is 13.0. The highest BCUT2D eigenvalue weighted by molar-refractivity contribution is 5.79. The van der Waals surface area contributed by atoms with Crippen molar-refractivity contribution in [2.75, 3.05) is 19.8 Å². The highest BCUT2D eigenvalue weighted by Gasteiger charge is 2.31. The van der Waals surface area contributed by atoms with Crippen LogP contribution in [0.15, 0.2) is 30.3 Å². The SMILES string of the molecule is CC(N)C(C)C(=O)N(CCc1ccccc1)C1CCOC1. The van der Waals surface area contributed by atoms with Crippen LogP contribution in [-0.2, 0) is 16.0 Å². The summed E-state index contributed by atoms with van der Waals surface area (Å²) < 4.78 is 5.46. The molecule has 3 atom stereocenters. The molecular weight excluding hydrogens is 264 g/mol. The van der Waals surface area contributed by atoms with E-state index in [1.807, 2.05) is 36.9 Å².